The number of carbonyl (C=O) groups is 3. The van der Waals surface area contributed by atoms with Crippen LogP contribution in [0.5, 0.6) is 11.5 Å². The predicted molar refractivity (Wildman–Crippen MR) is 100 cm³/mol. The third kappa shape index (κ3) is 4.37. The highest BCUT2D eigenvalue weighted by molar-refractivity contribution is 8.18. The molecule has 0 spiro atoms. The number of thioether (sulfide) groups is 1. The van der Waals surface area contributed by atoms with Crippen molar-refractivity contribution in [3.63, 3.8) is 0 Å². The summed E-state index contributed by atoms with van der Waals surface area (Å²) < 4.78 is 10.5. The molecule has 1 N–H and O–H groups in total. The minimum absolute atomic E-state index is 0.271. The van der Waals surface area contributed by atoms with Gasteiger partial charge in [-0.05, 0) is 54.4 Å². The second-order valence-corrected chi connectivity index (χ2v) is 6.67. The van der Waals surface area contributed by atoms with Gasteiger partial charge in [0.15, 0.2) is 11.5 Å². The molecule has 1 fully saturated rings. The number of benzene rings is 1. The van der Waals surface area contributed by atoms with E-state index in [2.05, 4.69) is 5.32 Å². The quantitative estimate of drug-likeness (QED) is 0.734. The molecule has 0 atom stereocenters. The molecule has 0 radical (unpaired) electrons. The van der Waals surface area contributed by atoms with E-state index >= 15 is 0 Å². The zero-order valence-electron chi connectivity index (χ0n) is 15.3. The lowest BCUT2D eigenvalue weighted by atomic mass is 10.1. The van der Waals surface area contributed by atoms with Gasteiger partial charge in [-0.3, -0.25) is 19.3 Å². The van der Waals surface area contributed by atoms with Crippen molar-refractivity contribution in [3.05, 3.63) is 28.2 Å². The molecule has 1 aromatic rings. The number of nitrogens with zero attached hydrogens (tertiary/aromatic N) is 1. The van der Waals surface area contributed by atoms with Gasteiger partial charge in [-0.15, -0.1) is 0 Å². The standard InChI is InChI=1S/C18H22N2O5S/c1-5-6-19-16(21)10-20-17(22)15(26-18(20)23)9-12-8-14(25-4)13(24-3)7-11(12)2/h7-9H,5-6,10H2,1-4H3,(H,19,21)/b15-9-. The van der Waals surface area contributed by atoms with Crippen LogP contribution >= 0.6 is 11.8 Å². The summed E-state index contributed by atoms with van der Waals surface area (Å²) in [6, 6.07) is 3.54. The van der Waals surface area contributed by atoms with E-state index in [4.69, 9.17) is 9.47 Å². The second kappa shape index (κ2) is 8.75. The molecular weight excluding hydrogens is 356 g/mol. The van der Waals surface area contributed by atoms with Crippen LogP contribution in [-0.4, -0.2) is 49.3 Å². The van der Waals surface area contributed by atoms with Gasteiger partial charge in [0.25, 0.3) is 11.1 Å². The lowest BCUT2D eigenvalue weighted by Gasteiger charge is -2.12. The SMILES string of the molecule is CCCNC(=O)CN1C(=O)S/C(=C\c2cc(OC)c(OC)cc2C)C1=O. The molecule has 1 saturated heterocycles. The van der Waals surface area contributed by atoms with E-state index < -0.39 is 11.1 Å². The predicted octanol–water partition coefficient (Wildman–Crippen LogP) is 2.57. The molecule has 3 amide bonds. The van der Waals surface area contributed by atoms with Crippen LogP contribution in [0.25, 0.3) is 6.08 Å². The lowest BCUT2D eigenvalue weighted by Crippen LogP contribution is -2.39. The minimum atomic E-state index is -0.471. The normalized spacial score (nSPS) is 15.5. The van der Waals surface area contributed by atoms with Crippen molar-refractivity contribution in [2.24, 2.45) is 0 Å². The Morgan fingerprint density at radius 2 is 1.88 bits per heavy atom. The Kier molecular flexibility index (Phi) is 6.68. The van der Waals surface area contributed by atoms with Gasteiger partial charge in [-0.25, -0.2) is 0 Å². The molecule has 1 aliphatic rings. The molecule has 8 heteroatoms. The molecule has 140 valence electrons. The van der Waals surface area contributed by atoms with Crippen LogP contribution in [0, 0.1) is 6.92 Å². The van der Waals surface area contributed by atoms with Crippen LogP contribution in [0.1, 0.15) is 24.5 Å². The van der Waals surface area contributed by atoms with Gasteiger partial charge in [-0.2, -0.15) is 0 Å². The first-order valence-corrected chi connectivity index (χ1v) is 8.97. The highest BCUT2D eigenvalue weighted by Gasteiger charge is 2.36. The summed E-state index contributed by atoms with van der Waals surface area (Å²) in [6.07, 6.45) is 2.41. The molecule has 0 unspecified atom stereocenters. The van der Waals surface area contributed by atoms with Crippen LogP contribution in [0.2, 0.25) is 0 Å². The average molecular weight is 378 g/mol. The Bertz CT molecular complexity index is 760. The smallest absolute Gasteiger partial charge is 0.294 e. The Balaban J connectivity index is 2.23. The fourth-order valence-electron chi connectivity index (χ4n) is 2.39. The minimum Gasteiger partial charge on any atom is -0.493 e. The van der Waals surface area contributed by atoms with Gasteiger partial charge in [0.1, 0.15) is 6.54 Å². The molecule has 0 aromatic heterocycles. The molecule has 26 heavy (non-hydrogen) atoms. The maximum atomic E-state index is 12.5. The maximum absolute atomic E-state index is 12.5. The topological polar surface area (TPSA) is 84.9 Å². The zero-order valence-corrected chi connectivity index (χ0v) is 16.1. The largest absolute Gasteiger partial charge is 0.493 e. The van der Waals surface area contributed by atoms with E-state index in [1.54, 1.807) is 25.3 Å². The molecular formula is C18H22N2O5S. The number of amides is 3. The third-order valence-electron chi connectivity index (χ3n) is 3.81. The fraction of sp³-hybridized carbons (Fsp3) is 0.389. The molecule has 0 aliphatic carbocycles. The average Bonchev–Trinajstić information content (AvgIpc) is 2.88. The van der Waals surface area contributed by atoms with Gasteiger partial charge in [0, 0.05) is 6.54 Å². The zero-order chi connectivity index (χ0) is 19.3. The van der Waals surface area contributed by atoms with Crippen LogP contribution in [0.3, 0.4) is 0 Å². The Labute approximate surface area is 156 Å². The molecule has 1 aliphatic heterocycles. The summed E-state index contributed by atoms with van der Waals surface area (Å²) in [5, 5.41) is 2.20. The Morgan fingerprint density at radius 1 is 1.23 bits per heavy atom. The van der Waals surface area contributed by atoms with E-state index in [9.17, 15) is 14.4 Å². The second-order valence-electron chi connectivity index (χ2n) is 5.68. The number of nitrogens with one attached hydrogen (secondary N) is 1. The first kappa shape index (κ1) is 19.8. The van der Waals surface area contributed by atoms with Crippen molar-refractivity contribution in [1.82, 2.24) is 10.2 Å². The monoisotopic (exact) mass is 378 g/mol. The van der Waals surface area contributed by atoms with E-state index in [0.29, 0.717) is 18.0 Å². The summed E-state index contributed by atoms with van der Waals surface area (Å²) in [6.45, 7) is 4.04. The molecule has 0 bridgehead atoms. The van der Waals surface area contributed by atoms with Gasteiger partial charge in [0.05, 0.1) is 19.1 Å². The van der Waals surface area contributed by atoms with E-state index in [-0.39, 0.29) is 17.4 Å². The molecule has 1 aromatic carbocycles. The first-order valence-electron chi connectivity index (χ1n) is 8.16. The summed E-state index contributed by atoms with van der Waals surface area (Å²) >= 11 is 0.821. The van der Waals surface area contributed by atoms with Crippen LogP contribution in [-0.2, 0) is 9.59 Å². The molecule has 7 nitrogen and oxygen atoms in total. The van der Waals surface area contributed by atoms with Gasteiger partial charge >= 0.3 is 0 Å². The van der Waals surface area contributed by atoms with E-state index in [0.717, 1.165) is 34.2 Å². The van der Waals surface area contributed by atoms with Crippen molar-refractivity contribution in [2.45, 2.75) is 20.3 Å². The van der Waals surface area contributed by atoms with Gasteiger partial charge < -0.3 is 14.8 Å². The van der Waals surface area contributed by atoms with Crippen molar-refractivity contribution in [1.29, 1.82) is 0 Å². The number of rotatable bonds is 7. The number of ether oxygens (including phenoxy) is 2. The molecule has 0 saturated carbocycles. The summed E-state index contributed by atoms with van der Waals surface area (Å²) in [4.78, 5) is 37.6. The van der Waals surface area contributed by atoms with Crippen molar-refractivity contribution < 1.29 is 23.9 Å². The van der Waals surface area contributed by atoms with E-state index in [1.165, 1.54) is 7.11 Å². The highest BCUT2D eigenvalue weighted by Crippen LogP contribution is 2.35. The van der Waals surface area contributed by atoms with Crippen molar-refractivity contribution >= 4 is 34.9 Å². The lowest BCUT2D eigenvalue weighted by molar-refractivity contribution is -0.129. The molecule has 2 rings (SSSR count). The number of carbonyl (C=O) groups excluding carboxylic acids is 3. The first-order chi connectivity index (χ1) is 12.4. The number of imide groups is 1. The summed E-state index contributed by atoms with van der Waals surface area (Å²) in [7, 11) is 3.08. The third-order valence-corrected chi connectivity index (χ3v) is 4.71. The maximum Gasteiger partial charge on any atom is 0.294 e. The van der Waals surface area contributed by atoms with E-state index in [1.807, 2.05) is 13.8 Å². The Hall–Kier alpha value is -2.48. The fourth-order valence-corrected chi connectivity index (χ4v) is 3.22. The van der Waals surface area contributed by atoms with Crippen molar-refractivity contribution in [3.8, 4) is 11.5 Å². The highest BCUT2D eigenvalue weighted by atomic mass is 32.2. The number of methoxy groups -OCH3 is 2. The van der Waals surface area contributed by atoms with Gasteiger partial charge in [0.2, 0.25) is 5.91 Å². The van der Waals surface area contributed by atoms with Crippen LogP contribution in [0.4, 0.5) is 4.79 Å². The summed E-state index contributed by atoms with van der Waals surface area (Å²) in [5.74, 6) is 0.295. The Morgan fingerprint density at radius 3 is 2.50 bits per heavy atom. The van der Waals surface area contributed by atoms with Crippen LogP contribution in [0.15, 0.2) is 17.0 Å². The van der Waals surface area contributed by atoms with Crippen molar-refractivity contribution in [2.75, 3.05) is 27.3 Å². The number of aryl methyl sites for hydroxylation is 1. The van der Waals surface area contributed by atoms with Crippen LogP contribution < -0.4 is 14.8 Å². The summed E-state index contributed by atoms with van der Waals surface area (Å²) in [5.41, 5.74) is 1.61. The number of hydrogen-bond donors (Lipinski definition) is 1. The molecule has 1 heterocycles. The van der Waals surface area contributed by atoms with Gasteiger partial charge in [-0.1, -0.05) is 6.92 Å². The number of hydrogen-bond acceptors (Lipinski definition) is 6.